The van der Waals surface area contributed by atoms with E-state index in [1.54, 1.807) is 18.0 Å². The molecule has 0 amide bonds. The van der Waals surface area contributed by atoms with E-state index in [2.05, 4.69) is 11.9 Å². The van der Waals surface area contributed by atoms with Gasteiger partial charge in [0.2, 0.25) is 0 Å². The Hall–Kier alpha value is -0.610. The lowest BCUT2D eigenvalue weighted by atomic mass is 10.3. The van der Waals surface area contributed by atoms with Crippen molar-refractivity contribution in [3.05, 3.63) is 24.0 Å². The van der Waals surface area contributed by atoms with Gasteiger partial charge in [0, 0.05) is 11.1 Å². The smallest absolute Gasteiger partial charge is 0.122 e. The Morgan fingerprint density at radius 2 is 2.50 bits per heavy atom. The molecule has 1 heterocycles. The molecule has 0 spiro atoms. The number of aromatic nitrogens is 1. The molecule has 0 saturated heterocycles. The summed E-state index contributed by atoms with van der Waals surface area (Å²) in [6.45, 7) is 2.10. The number of pyridine rings is 1. The van der Waals surface area contributed by atoms with Gasteiger partial charge in [-0.2, -0.15) is 0 Å². The van der Waals surface area contributed by atoms with Gasteiger partial charge < -0.3 is 5.73 Å². The normalized spacial score (nSPS) is 9.75. The third-order valence-corrected chi connectivity index (χ3v) is 2.38. The summed E-state index contributed by atoms with van der Waals surface area (Å²) < 4.78 is 0. The summed E-state index contributed by atoms with van der Waals surface area (Å²) in [5, 5.41) is 0. The molecule has 0 aliphatic rings. The topological polar surface area (TPSA) is 38.9 Å². The third kappa shape index (κ3) is 2.46. The highest BCUT2D eigenvalue weighted by atomic mass is 32.2. The number of thioether (sulfide) groups is 1. The molecular weight excluding hydrogens is 188 g/mol. The number of hydrogen-bond acceptors (Lipinski definition) is 3. The Kier molecular flexibility index (Phi) is 3.49. The third-order valence-electron chi connectivity index (χ3n) is 1.29. The van der Waals surface area contributed by atoms with Crippen LogP contribution in [-0.4, -0.2) is 15.7 Å². The summed E-state index contributed by atoms with van der Waals surface area (Å²) >= 11 is 6.56. The van der Waals surface area contributed by atoms with Crippen LogP contribution in [0.3, 0.4) is 0 Å². The molecule has 0 saturated carbocycles. The van der Waals surface area contributed by atoms with E-state index < -0.39 is 0 Å². The molecule has 1 rings (SSSR count). The number of rotatable bonds is 3. The van der Waals surface area contributed by atoms with Crippen molar-refractivity contribution in [3.8, 4) is 0 Å². The Morgan fingerprint density at radius 3 is 3.08 bits per heavy atom. The standard InChI is InChI=1S/C8H10N2S2/c1-2-12-6-3-4-10-7(5-6)8(9)11/h3-5H,2H2,1H3,(H2,9,11). The van der Waals surface area contributed by atoms with Crippen LogP contribution in [0.25, 0.3) is 0 Å². The van der Waals surface area contributed by atoms with Gasteiger partial charge in [0.25, 0.3) is 0 Å². The molecule has 0 aliphatic carbocycles. The van der Waals surface area contributed by atoms with Crippen LogP contribution in [0.5, 0.6) is 0 Å². The van der Waals surface area contributed by atoms with Gasteiger partial charge in [-0.05, 0) is 17.9 Å². The van der Waals surface area contributed by atoms with Crippen molar-refractivity contribution in [2.24, 2.45) is 5.73 Å². The van der Waals surface area contributed by atoms with Gasteiger partial charge in [0.1, 0.15) is 4.99 Å². The first-order valence-electron chi connectivity index (χ1n) is 3.62. The van der Waals surface area contributed by atoms with Crippen LogP contribution in [0, 0.1) is 0 Å². The summed E-state index contributed by atoms with van der Waals surface area (Å²) in [5.41, 5.74) is 6.14. The van der Waals surface area contributed by atoms with Crippen molar-refractivity contribution in [2.45, 2.75) is 11.8 Å². The second kappa shape index (κ2) is 4.42. The van der Waals surface area contributed by atoms with E-state index in [4.69, 9.17) is 18.0 Å². The van der Waals surface area contributed by atoms with Gasteiger partial charge in [-0.3, -0.25) is 4.98 Å². The summed E-state index contributed by atoms with van der Waals surface area (Å²) in [4.78, 5) is 5.56. The van der Waals surface area contributed by atoms with Gasteiger partial charge in [-0.1, -0.05) is 19.1 Å². The maximum absolute atomic E-state index is 5.44. The van der Waals surface area contributed by atoms with Crippen LogP contribution in [0.2, 0.25) is 0 Å². The van der Waals surface area contributed by atoms with Crippen molar-refractivity contribution in [3.63, 3.8) is 0 Å². The van der Waals surface area contributed by atoms with Gasteiger partial charge in [-0.15, -0.1) is 11.8 Å². The monoisotopic (exact) mass is 198 g/mol. The number of hydrogen-bond donors (Lipinski definition) is 1. The summed E-state index contributed by atoms with van der Waals surface area (Å²) in [6, 6.07) is 3.87. The average molecular weight is 198 g/mol. The maximum Gasteiger partial charge on any atom is 0.122 e. The fraction of sp³-hybridized carbons (Fsp3) is 0.250. The zero-order chi connectivity index (χ0) is 8.97. The predicted molar refractivity (Wildman–Crippen MR) is 56.5 cm³/mol. The molecule has 2 nitrogen and oxygen atoms in total. The van der Waals surface area contributed by atoms with Crippen molar-refractivity contribution >= 4 is 29.0 Å². The molecule has 12 heavy (non-hydrogen) atoms. The molecule has 0 aliphatic heterocycles. The zero-order valence-corrected chi connectivity index (χ0v) is 8.41. The lowest BCUT2D eigenvalue weighted by Crippen LogP contribution is -2.11. The highest BCUT2D eigenvalue weighted by Crippen LogP contribution is 2.16. The summed E-state index contributed by atoms with van der Waals surface area (Å²) in [6.07, 6.45) is 1.73. The number of thiocarbonyl (C=S) groups is 1. The molecule has 4 heteroatoms. The first-order valence-corrected chi connectivity index (χ1v) is 5.02. The summed E-state index contributed by atoms with van der Waals surface area (Å²) in [5.74, 6) is 1.04. The molecule has 0 fully saturated rings. The highest BCUT2D eigenvalue weighted by Gasteiger charge is 1.98. The molecular formula is C8H10N2S2. The van der Waals surface area contributed by atoms with E-state index in [9.17, 15) is 0 Å². The Labute approximate surface area is 81.6 Å². The van der Waals surface area contributed by atoms with Gasteiger partial charge in [0.15, 0.2) is 0 Å². The molecule has 64 valence electrons. The second-order valence-corrected chi connectivity index (χ2v) is 3.95. The lowest BCUT2D eigenvalue weighted by molar-refractivity contribution is 1.23. The van der Waals surface area contributed by atoms with Crippen LogP contribution < -0.4 is 5.73 Å². The first-order chi connectivity index (χ1) is 5.74. The second-order valence-electron chi connectivity index (χ2n) is 2.17. The fourth-order valence-corrected chi connectivity index (χ4v) is 1.60. The zero-order valence-electron chi connectivity index (χ0n) is 6.78. The molecule has 2 N–H and O–H groups in total. The van der Waals surface area contributed by atoms with E-state index in [-0.39, 0.29) is 0 Å². The number of nitrogens with zero attached hydrogens (tertiary/aromatic N) is 1. The summed E-state index contributed by atoms with van der Waals surface area (Å²) in [7, 11) is 0. The predicted octanol–water partition coefficient (Wildman–Crippen LogP) is 1.83. The molecule has 1 aromatic heterocycles. The highest BCUT2D eigenvalue weighted by molar-refractivity contribution is 7.99. The minimum absolute atomic E-state index is 0.355. The Bertz CT molecular complexity index is 286. The lowest BCUT2D eigenvalue weighted by Gasteiger charge is -2.00. The largest absolute Gasteiger partial charge is 0.388 e. The van der Waals surface area contributed by atoms with Crippen molar-refractivity contribution in [2.75, 3.05) is 5.75 Å². The van der Waals surface area contributed by atoms with Crippen LogP contribution in [-0.2, 0) is 0 Å². The Morgan fingerprint density at radius 1 is 1.75 bits per heavy atom. The van der Waals surface area contributed by atoms with E-state index in [1.165, 1.54) is 0 Å². The van der Waals surface area contributed by atoms with Crippen molar-refractivity contribution < 1.29 is 0 Å². The minimum atomic E-state index is 0.355. The van der Waals surface area contributed by atoms with Crippen molar-refractivity contribution in [1.29, 1.82) is 0 Å². The van der Waals surface area contributed by atoms with Gasteiger partial charge in [-0.25, -0.2) is 0 Å². The van der Waals surface area contributed by atoms with Gasteiger partial charge in [0.05, 0.1) is 5.69 Å². The Balaban J connectivity index is 2.88. The SMILES string of the molecule is CCSc1ccnc(C(N)=S)c1. The molecule has 0 unspecified atom stereocenters. The fourth-order valence-electron chi connectivity index (χ4n) is 0.802. The molecule has 0 radical (unpaired) electrons. The van der Waals surface area contributed by atoms with Crippen LogP contribution in [0.1, 0.15) is 12.6 Å². The van der Waals surface area contributed by atoms with E-state index in [0.29, 0.717) is 10.7 Å². The van der Waals surface area contributed by atoms with E-state index in [1.807, 2.05) is 12.1 Å². The first kappa shape index (κ1) is 9.48. The minimum Gasteiger partial charge on any atom is -0.388 e. The van der Waals surface area contributed by atoms with Crippen LogP contribution in [0.4, 0.5) is 0 Å². The molecule has 0 bridgehead atoms. The van der Waals surface area contributed by atoms with Crippen LogP contribution >= 0.6 is 24.0 Å². The van der Waals surface area contributed by atoms with Gasteiger partial charge >= 0.3 is 0 Å². The van der Waals surface area contributed by atoms with Crippen LogP contribution in [0.15, 0.2) is 23.2 Å². The van der Waals surface area contributed by atoms with E-state index >= 15 is 0 Å². The molecule has 0 aromatic carbocycles. The average Bonchev–Trinajstić information content (AvgIpc) is 2.05. The molecule has 1 aromatic rings. The molecule has 0 atom stereocenters. The number of nitrogens with two attached hydrogens (primary N) is 1. The van der Waals surface area contributed by atoms with Crippen molar-refractivity contribution in [1.82, 2.24) is 4.98 Å². The quantitative estimate of drug-likeness (QED) is 0.594. The maximum atomic E-state index is 5.44. The van der Waals surface area contributed by atoms with E-state index in [0.717, 1.165) is 10.6 Å².